The number of para-hydroxylation sites is 1. The third-order valence-corrected chi connectivity index (χ3v) is 5.42. The highest BCUT2D eigenvalue weighted by Gasteiger charge is 2.40. The highest BCUT2D eigenvalue weighted by molar-refractivity contribution is 5.86. The molecule has 3 heterocycles. The summed E-state index contributed by atoms with van der Waals surface area (Å²) in [5, 5.41) is 0. The summed E-state index contributed by atoms with van der Waals surface area (Å²) in [6.07, 6.45) is 1.64. The van der Waals surface area contributed by atoms with Crippen LogP contribution in [-0.4, -0.2) is 43.0 Å². The van der Waals surface area contributed by atoms with Gasteiger partial charge < -0.3 is 9.64 Å². The Morgan fingerprint density at radius 1 is 1.04 bits per heavy atom. The number of nitrogens with zero attached hydrogens (tertiary/aromatic N) is 2. The largest absolute Gasteiger partial charge is 0.497 e. The number of anilines is 1. The van der Waals surface area contributed by atoms with Gasteiger partial charge in [-0.2, -0.15) is 0 Å². The third kappa shape index (κ3) is 3.27. The number of fused-ring (bicyclic) bond motifs is 4. The molecular formula is C21H24N2O2. The fraction of sp³-hybridized carbons (Fsp3) is 0.381. The Kier molecular flexibility index (Phi) is 4.45. The van der Waals surface area contributed by atoms with Gasteiger partial charge in [0.1, 0.15) is 5.75 Å². The summed E-state index contributed by atoms with van der Waals surface area (Å²) in [6.45, 7) is 2.56. The van der Waals surface area contributed by atoms with Gasteiger partial charge in [0, 0.05) is 37.8 Å². The molecule has 130 valence electrons. The first-order valence-electron chi connectivity index (χ1n) is 8.96. The van der Waals surface area contributed by atoms with Gasteiger partial charge in [0.2, 0.25) is 0 Å². The molecule has 25 heavy (non-hydrogen) atoms. The minimum Gasteiger partial charge on any atom is -0.497 e. The second-order valence-corrected chi connectivity index (χ2v) is 6.94. The lowest BCUT2D eigenvalue weighted by molar-refractivity contribution is -0.123. The van der Waals surface area contributed by atoms with E-state index in [-0.39, 0.29) is 6.04 Å². The Balaban J connectivity index is 1.54. The Bertz CT molecular complexity index is 729. The van der Waals surface area contributed by atoms with Crippen LogP contribution in [0.2, 0.25) is 0 Å². The number of carbonyl (C=O) groups excluding carboxylic acids is 1. The average Bonchev–Trinajstić information content (AvgIpc) is 2.91. The van der Waals surface area contributed by atoms with Crippen LogP contribution in [0.5, 0.6) is 5.75 Å². The minimum absolute atomic E-state index is 0.0129. The SMILES string of the molecule is COc1ccc(CN2C[C@H]3CCC(=O)[C@@H]2CN3c2ccccc2)cc1. The van der Waals surface area contributed by atoms with Gasteiger partial charge in [0.05, 0.1) is 13.2 Å². The molecule has 0 aliphatic carbocycles. The zero-order chi connectivity index (χ0) is 17.2. The molecule has 0 amide bonds. The van der Waals surface area contributed by atoms with Crippen LogP contribution in [0.3, 0.4) is 0 Å². The summed E-state index contributed by atoms with van der Waals surface area (Å²) < 4.78 is 5.23. The molecule has 0 radical (unpaired) electrons. The van der Waals surface area contributed by atoms with Crippen molar-refractivity contribution < 1.29 is 9.53 Å². The maximum absolute atomic E-state index is 12.7. The summed E-state index contributed by atoms with van der Waals surface area (Å²) in [5.41, 5.74) is 2.46. The van der Waals surface area contributed by atoms with E-state index >= 15 is 0 Å². The van der Waals surface area contributed by atoms with Crippen molar-refractivity contribution in [1.29, 1.82) is 0 Å². The van der Waals surface area contributed by atoms with Gasteiger partial charge >= 0.3 is 0 Å². The topological polar surface area (TPSA) is 32.8 Å². The summed E-state index contributed by atoms with van der Waals surface area (Å²) in [4.78, 5) is 17.5. The molecule has 3 aliphatic rings. The molecule has 5 rings (SSSR count). The molecule has 4 nitrogen and oxygen atoms in total. The molecule has 2 aromatic rings. The van der Waals surface area contributed by atoms with Gasteiger partial charge in [-0.15, -0.1) is 0 Å². The Morgan fingerprint density at radius 2 is 1.80 bits per heavy atom. The number of ether oxygens (including phenoxy) is 1. The summed E-state index contributed by atoms with van der Waals surface area (Å²) in [5.74, 6) is 1.25. The van der Waals surface area contributed by atoms with Gasteiger partial charge in [0.15, 0.2) is 5.78 Å². The lowest BCUT2D eigenvalue weighted by Crippen LogP contribution is -2.58. The van der Waals surface area contributed by atoms with Gasteiger partial charge in [-0.05, 0) is 36.2 Å². The van der Waals surface area contributed by atoms with Crippen molar-refractivity contribution in [3.05, 3.63) is 60.2 Å². The molecule has 3 aliphatic heterocycles. The minimum atomic E-state index is -0.0129. The van der Waals surface area contributed by atoms with Crippen molar-refractivity contribution in [2.24, 2.45) is 0 Å². The molecule has 0 unspecified atom stereocenters. The molecular weight excluding hydrogens is 312 g/mol. The van der Waals surface area contributed by atoms with Crippen LogP contribution in [0, 0.1) is 0 Å². The van der Waals surface area contributed by atoms with E-state index in [1.165, 1.54) is 11.3 Å². The summed E-state index contributed by atoms with van der Waals surface area (Å²) in [6, 6.07) is 19.1. The molecule has 0 saturated carbocycles. The molecule has 2 aromatic carbocycles. The molecule has 2 atom stereocenters. The average molecular weight is 336 g/mol. The van der Waals surface area contributed by atoms with Gasteiger partial charge in [-0.25, -0.2) is 0 Å². The van der Waals surface area contributed by atoms with Crippen LogP contribution in [0.4, 0.5) is 5.69 Å². The van der Waals surface area contributed by atoms with Gasteiger partial charge in [-0.3, -0.25) is 9.69 Å². The second kappa shape index (κ2) is 6.89. The number of benzene rings is 2. The first-order chi connectivity index (χ1) is 12.2. The van der Waals surface area contributed by atoms with Crippen LogP contribution in [0.15, 0.2) is 54.6 Å². The Morgan fingerprint density at radius 3 is 2.52 bits per heavy atom. The molecule has 3 saturated heterocycles. The number of rotatable bonds is 4. The van der Waals surface area contributed by atoms with E-state index in [4.69, 9.17) is 4.74 Å². The first kappa shape index (κ1) is 16.2. The van der Waals surface area contributed by atoms with E-state index in [0.29, 0.717) is 18.2 Å². The first-order valence-corrected chi connectivity index (χ1v) is 8.96. The third-order valence-electron chi connectivity index (χ3n) is 5.42. The number of hydrogen-bond acceptors (Lipinski definition) is 4. The van der Waals surface area contributed by atoms with Crippen molar-refractivity contribution in [2.75, 3.05) is 25.1 Å². The van der Waals surface area contributed by atoms with Crippen molar-refractivity contribution in [3.63, 3.8) is 0 Å². The molecule has 3 fully saturated rings. The number of hydrogen-bond donors (Lipinski definition) is 0. The van der Waals surface area contributed by atoms with Crippen molar-refractivity contribution in [1.82, 2.24) is 4.90 Å². The monoisotopic (exact) mass is 336 g/mol. The fourth-order valence-electron chi connectivity index (χ4n) is 4.05. The normalized spacial score (nSPS) is 23.6. The standard InChI is InChI=1S/C21H24N2O2/c1-25-19-10-7-16(8-11-19)13-22-14-18-9-12-21(24)20(22)15-23(18)17-5-3-2-4-6-17/h2-8,10-11,18,20H,9,12-15H2,1H3/t18-,20+/m1/s1. The Labute approximate surface area is 149 Å². The fourth-order valence-corrected chi connectivity index (χ4v) is 4.05. The van der Waals surface area contributed by atoms with E-state index < -0.39 is 0 Å². The maximum atomic E-state index is 12.7. The molecule has 0 aromatic heterocycles. The number of Topliss-reactive ketones (excluding diaryl/α,β-unsaturated/α-hetero) is 1. The lowest BCUT2D eigenvalue weighted by Gasteiger charge is -2.44. The van der Waals surface area contributed by atoms with Gasteiger partial charge in [0.25, 0.3) is 0 Å². The van der Waals surface area contributed by atoms with Crippen LogP contribution in [-0.2, 0) is 11.3 Å². The molecule has 0 N–H and O–H groups in total. The van der Waals surface area contributed by atoms with E-state index in [0.717, 1.165) is 31.8 Å². The van der Waals surface area contributed by atoms with Crippen LogP contribution < -0.4 is 9.64 Å². The number of carbonyl (C=O) groups is 1. The zero-order valence-electron chi connectivity index (χ0n) is 14.6. The Hall–Kier alpha value is -2.33. The maximum Gasteiger partial charge on any atom is 0.151 e. The summed E-state index contributed by atoms with van der Waals surface area (Å²) >= 11 is 0. The molecule has 2 bridgehead atoms. The van der Waals surface area contributed by atoms with E-state index in [1.807, 2.05) is 18.2 Å². The van der Waals surface area contributed by atoms with E-state index in [9.17, 15) is 4.79 Å². The number of methoxy groups -OCH3 is 1. The van der Waals surface area contributed by atoms with Crippen molar-refractivity contribution >= 4 is 11.5 Å². The number of ketones is 1. The smallest absolute Gasteiger partial charge is 0.151 e. The van der Waals surface area contributed by atoms with Crippen molar-refractivity contribution in [2.45, 2.75) is 31.5 Å². The molecule has 4 heteroatoms. The predicted molar refractivity (Wildman–Crippen MR) is 99.0 cm³/mol. The van der Waals surface area contributed by atoms with Crippen molar-refractivity contribution in [3.8, 4) is 5.75 Å². The zero-order valence-corrected chi connectivity index (χ0v) is 14.6. The summed E-state index contributed by atoms with van der Waals surface area (Å²) in [7, 11) is 1.68. The number of piperazine rings is 1. The van der Waals surface area contributed by atoms with E-state index in [2.05, 4.69) is 46.2 Å². The highest BCUT2D eigenvalue weighted by Crippen LogP contribution is 2.31. The van der Waals surface area contributed by atoms with Crippen LogP contribution in [0.1, 0.15) is 18.4 Å². The van der Waals surface area contributed by atoms with Crippen LogP contribution in [0.25, 0.3) is 0 Å². The highest BCUT2D eigenvalue weighted by atomic mass is 16.5. The van der Waals surface area contributed by atoms with E-state index in [1.54, 1.807) is 7.11 Å². The second-order valence-electron chi connectivity index (χ2n) is 6.94. The predicted octanol–water partition coefficient (Wildman–Crippen LogP) is 3.12. The van der Waals surface area contributed by atoms with Gasteiger partial charge in [-0.1, -0.05) is 30.3 Å². The molecule has 0 spiro atoms. The quantitative estimate of drug-likeness (QED) is 0.859. The van der Waals surface area contributed by atoms with Crippen LogP contribution >= 0.6 is 0 Å². The lowest BCUT2D eigenvalue weighted by atomic mass is 10.1.